The Morgan fingerprint density at radius 1 is 1.38 bits per heavy atom. The molecule has 0 saturated heterocycles. The second-order valence-electron chi connectivity index (χ2n) is 4.45. The number of sulfone groups is 1. The lowest BCUT2D eigenvalue weighted by Crippen LogP contribution is -2.20. The van der Waals surface area contributed by atoms with Gasteiger partial charge in [-0.1, -0.05) is 0 Å². The van der Waals surface area contributed by atoms with Crippen molar-refractivity contribution in [2.24, 2.45) is 0 Å². The summed E-state index contributed by atoms with van der Waals surface area (Å²) >= 11 is 0. The molecule has 1 fully saturated rings. The van der Waals surface area contributed by atoms with Gasteiger partial charge in [-0.25, -0.2) is 8.42 Å². The molecular weight excluding hydrogens is 226 g/mol. The van der Waals surface area contributed by atoms with Gasteiger partial charge in [-0.15, -0.1) is 0 Å². The van der Waals surface area contributed by atoms with Crippen molar-refractivity contribution < 1.29 is 8.42 Å². The second-order valence-corrected chi connectivity index (χ2v) is 6.51. The molecule has 16 heavy (non-hydrogen) atoms. The Morgan fingerprint density at radius 3 is 2.69 bits per heavy atom. The molecule has 1 aromatic rings. The van der Waals surface area contributed by atoms with Crippen LogP contribution in [0, 0.1) is 11.3 Å². The third kappa shape index (κ3) is 1.28. The van der Waals surface area contributed by atoms with Gasteiger partial charge < -0.3 is 0 Å². The molecule has 1 saturated carbocycles. The molecule has 0 bridgehead atoms. The minimum Gasteiger partial charge on any atom is -0.264 e. The van der Waals surface area contributed by atoms with Gasteiger partial charge in [0.05, 0.1) is 23.2 Å². The van der Waals surface area contributed by atoms with E-state index in [1.807, 2.05) is 6.07 Å². The highest BCUT2D eigenvalue weighted by molar-refractivity contribution is 7.90. The van der Waals surface area contributed by atoms with E-state index in [-0.39, 0.29) is 11.5 Å². The van der Waals surface area contributed by atoms with E-state index in [4.69, 9.17) is 5.26 Å². The van der Waals surface area contributed by atoms with Gasteiger partial charge in [0.1, 0.15) is 6.07 Å². The smallest absolute Gasteiger partial charge is 0.167 e. The number of rotatable bonds is 1. The predicted molar refractivity (Wildman–Crippen MR) is 56.2 cm³/mol. The van der Waals surface area contributed by atoms with Crippen LogP contribution in [0.3, 0.4) is 0 Å². The molecule has 0 aromatic carbocycles. The highest BCUT2D eigenvalue weighted by atomic mass is 32.2. The minimum absolute atomic E-state index is 0.0159. The largest absolute Gasteiger partial charge is 0.264 e. The highest BCUT2D eigenvalue weighted by Crippen LogP contribution is 2.36. The average molecular weight is 237 g/mol. The summed E-state index contributed by atoms with van der Waals surface area (Å²) in [6.45, 7) is 0. The first-order valence-corrected chi connectivity index (χ1v) is 7.13. The molecule has 5 nitrogen and oxygen atoms in total. The summed E-state index contributed by atoms with van der Waals surface area (Å²) in [5.41, 5.74) is 1.68. The molecule has 0 atom stereocenters. The normalized spacial score (nSPS) is 22.4. The number of nitriles is 1. The van der Waals surface area contributed by atoms with Crippen LogP contribution in [0.4, 0.5) is 0 Å². The maximum Gasteiger partial charge on any atom is 0.167 e. The summed E-state index contributed by atoms with van der Waals surface area (Å²) in [6.07, 6.45) is 3.24. The van der Waals surface area contributed by atoms with Crippen LogP contribution in [0.25, 0.3) is 0 Å². The van der Waals surface area contributed by atoms with Crippen molar-refractivity contribution in [1.29, 1.82) is 5.26 Å². The van der Waals surface area contributed by atoms with Crippen molar-refractivity contribution in [1.82, 2.24) is 9.78 Å². The van der Waals surface area contributed by atoms with E-state index < -0.39 is 9.84 Å². The topological polar surface area (TPSA) is 75.8 Å². The maximum atomic E-state index is 11.5. The van der Waals surface area contributed by atoms with Crippen LogP contribution in [0.1, 0.15) is 42.3 Å². The summed E-state index contributed by atoms with van der Waals surface area (Å²) in [7, 11) is -3.05. The van der Waals surface area contributed by atoms with E-state index in [0.717, 1.165) is 25.0 Å². The van der Waals surface area contributed by atoms with Crippen LogP contribution in [0.15, 0.2) is 0 Å². The van der Waals surface area contributed by atoms with Crippen molar-refractivity contribution in [3.8, 4) is 6.07 Å². The fourth-order valence-corrected chi connectivity index (χ4v) is 3.88. The Bertz CT molecular complexity index is 590. The molecule has 6 heteroatoms. The average Bonchev–Trinajstić information content (AvgIpc) is 2.58. The van der Waals surface area contributed by atoms with Crippen molar-refractivity contribution in [2.75, 3.05) is 0 Å². The second kappa shape index (κ2) is 3.08. The molecule has 2 heterocycles. The Hall–Kier alpha value is -1.35. The summed E-state index contributed by atoms with van der Waals surface area (Å²) in [5.74, 6) is 0.0332. The Kier molecular flexibility index (Phi) is 1.89. The fraction of sp³-hybridized carbons (Fsp3) is 0.600. The predicted octanol–water partition coefficient (Wildman–Crippen LogP) is 0.908. The molecule has 0 spiro atoms. The van der Waals surface area contributed by atoms with Crippen LogP contribution in [0.5, 0.6) is 0 Å². The van der Waals surface area contributed by atoms with Gasteiger partial charge >= 0.3 is 0 Å². The van der Waals surface area contributed by atoms with E-state index in [1.54, 1.807) is 4.68 Å². The quantitative estimate of drug-likeness (QED) is 0.727. The molecule has 3 rings (SSSR count). The lowest BCUT2D eigenvalue weighted by atomic mass is 9.93. The van der Waals surface area contributed by atoms with Gasteiger partial charge in [0.2, 0.25) is 0 Å². The summed E-state index contributed by atoms with van der Waals surface area (Å²) in [5, 5.41) is 13.2. The zero-order chi connectivity index (χ0) is 11.3. The van der Waals surface area contributed by atoms with Gasteiger partial charge in [-0.05, 0) is 19.3 Å². The molecule has 1 aliphatic heterocycles. The van der Waals surface area contributed by atoms with E-state index in [0.29, 0.717) is 17.3 Å². The Balaban J connectivity index is 2.13. The van der Waals surface area contributed by atoms with Gasteiger partial charge in [0, 0.05) is 5.56 Å². The van der Waals surface area contributed by atoms with Crippen LogP contribution < -0.4 is 0 Å². The summed E-state index contributed by atoms with van der Waals surface area (Å²) in [6, 6.07) is 2.30. The molecule has 0 amide bonds. The van der Waals surface area contributed by atoms with E-state index in [2.05, 4.69) is 5.10 Å². The van der Waals surface area contributed by atoms with E-state index >= 15 is 0 Å². The summed E-state index contributed by atoms with van der Waals surface area (Å²) in [4.78, 5) is 0. The molecular formula is C10H11N3O2S. The maximum absolute atomic E-state index is 11.5. The summed E-state index contributed by atoms with van der Waals surface area (Å²) < 4.78 is 24.9. The number of aromatic nitrogens is 2. The van der Waals surface area contributed by atoms with Gasteiger partial charge in [-0.2, -0.15) is 10.4 Å². The highest BCUT2D eigenvalue weighted by Gasteiger charge is 2.35. The van der Waals surface area contributed by atoms with E-state index in [9.17, 15) is 8.42 Å². The zero-order valence-electron chi connectivity index (χ0n) is 8.68. The van der Waals surface area contributed by atoms with Crippen LogP contribution in [0.2, 0.25) is 0 Å². The monoisotopic (exact) mass is 237 g/mol. The molecule has 0 N–H and O–H groups in total. The minimum atomic E-state index is -3.05. The lowest BCUT2D eigenvalue weighted by Gasteiger charge is -2.27. The molecule has 2 aliphatic rings. The van der Waals surface area contributed by atoms with Crippen LogP contribution >= 0.6 is 0 Å². The van der Waals surface area contributed by atoms with Crippen LogP contribution in [-0.2, 0) is 21.3 Å². The molecule has 84 valence electrons. The number of hydrogen-bond donors (Lipinski definition) is 0. The molecule has 1 aliphatic carbocycles. The first kappa shape index (κ1) is 9.85. The first-order chi connectivity index (χ1) is 7.61. The number of fused-ring (bicyclic) bond motifs is 1. The third-order valence-electron chi connectivity index (χ3n) is 3.37. The van der Waals surface area contributed by atoms with Crippen molar-refractivity contribution in [3.63, 3.8) is 0 Å². The third-order valence-corrected chi connectivity index (χ3v) is 4.81. The zero-order valence-corrected chi connectivity index (χ0v) is 9.50. The van der Waals surface area contributed by atoms with Gasteiger partial charge in [0.25, 0.3) is 0 Å². The SMILES string of the molecule is N#Cc1nn(C2CCC2)c2c1CS(=O)(=O)C2. The number of hydrogen-bond acceptors (Lipinski definition) is 4. The fourth-order valence-electron chi connectivity index (χ4n) is 2.31. The molecule has 0 radical (unpaired) electrons. The lowest BCUT2D eigenvalue weighted by molar-refractivity contribution is 0.284. The van der Waals surface area contributed by atoms with Crippen molar-refractivity contribution in [2.45, 2.75) is 36.8 Å². The Morgan fingerprint density at radius 2 is 2.12 bits per heavy atom. The van der Waals surface area contributed by atoms with Crippen molar-refractivity contribution >= 4 is 9.84 Å². The Labute approximate surface area is 93.6 Å². The van der Waals surface area contributed by atoms with E-state index in [1.165, 1.54) is 0 Å². The first-order valence-electron chi connectivity index (χ1n) is 5.31. The van der Waals surface area contributed by atoms with Gasteiger partial charge in [0.15, 0.2) is 15.5 Å². The van der Waals surface area contributed by atoms with Crippen LogP contribution in [-0.4, -0.2) is 18.2 Å². The van der Waals surface area contributed by atoms with Gasteiger partial charge in [-0.3, -0.25) is 4.68 Å². The number of nitrogens with zero attached hydrogens (tertiary/aromatic N) is 3. The molecule has 0 unspecified atom stereocenters. The van der Waals surface area contributed by atoms with Crippen molar-refractivity contribution in [3.05, 3.63) is 17.0 Å². The molecule has 1 aromatic heterocycles. The standard InChI is InChI=1S/C10H11N3O2S/c11-4-9-8-5-16(14,15)6-10(8)13(12-9)7-2-1-3-7/h7H,1-3,5-6H2.